The first kappa shape index (κ1) is 15.5. The molecule has 1 aliphatic heterocycles. The van der Waals surface area contributed by atoms with Crippen molar-refractivity contribution in [3.63, 3.8) is 0 Å². The van der Waals surface area contributed by atoms with Crippen LogP contribution in [0.1, 0.15) is 35.7 Å². The SMILES string of the molecule is CC(=O)NC1CCCN(C(=O)c2ccc(CCN)cc2)C1. The van der Waals surface area contributed by atoms with E-state index in [0.29, 0.717) is 18.7 Å². The van der Waals surface area contributed by atoms with Gasteiger partial charge in [-0.2, -0.15) is 0 Å². The van der Waals surface area contributed by atoms with Crippen LogP contribution in [0, 0.1) is 0 Å². The standard InChI is InChI=1S/C16H23N3O2/c1-12(20)18-15-3-2-10-19(11-15)16(21)14-6-4-13(5-7-14)8-9-17/h4-7,15H,2-3,8-11,17H2,1H3,(H,18,20). The van der Waals surface area contributed by atoms with Crippen molar-refractivity contribution in [1.29, 1.82) is 0 Å². The number of nitrogens with zero attached hydrogens (tertiary/aromatic N) is 1. The summed E-state index contributed by atoms with van der Waals surface area (Å²) in [5.74, 6) is -0.00946. The molecule has 2 amide bonds. The summed E-state index contributed by atoms with van der Waals surface area (Å²) in [6, 6.07) is 7.69. The number of hydrogen-bond acceptors (Lipinski definition) is 3. The molecule has 1 heterocycles. The zero-order chi connectivity index (χ0) is 15.2. The fourth-order valence-electron chi connectivity index (χ4n) is 2.73. The Morgan fingerprint density at radius 2 is 2.05 bits per heavy atom. The molecule has 1 saturated heterocycles. The highest BCUT2D eigenvalue weighted by Gasteiger charge is 2.24. The molecule has 0 saturated carbocycles. The van der Waals surface area contributed by atoms with E-state index in [1.54, 1.807) is 0 Å². The minimum absolute atomic E-state index is 0.0318. The van der Waals surface area contributed by atoms with Gasteiger partial charge in [0.2, 0.25) is 5.91 Å². The number of hydrogen-bond donors (Lipinski definition) is 2. The molecule has 0 bridgehead atoms. The summed E-state index contributed by atoms with van der Waals surface area (Å²) in [7, 11) is 0. The highest BCUT2D eigenvalue weighted by atomic mass is 16.2. The average molecular weight is 289 g/mol. The number of likely N-dealkylation sites (tertiary alicyclic amines) is 1. The van der Waals surface area contributed by atoms with Crippen LogP contribution in [-0.4, -0.2) is 42.4 Å². The fourth-order valence-corrected chi connectivity index (χ4v) is 2.73. The van der Waals surface area contributed by atoms with Crippen LogP contribution in [0.25, 0.3) is 0 Å². The van der Waals surface area contributed by atoms with Gasteiger partial charge in [0.05, 0.1) is 0 Å². The van der Waals surface area contributed by atoms with Crippen molar-refractivity contribution in [2.45, 2.75) is 32.2 Å². The Morgan fingerprint density at radius 3 is 2.67 bits per heavy atom. The summed E-state index contributed by atoms with van der Waals surface area (Å²) >= 11 is 0. The van der Waals surface area contributed by atoms with E-state index in [1.807, 2.05) is 29.2 Å². The third kappa shape index (κ3) is 4.29. The molecule has 1 aromatic rings. The van der Waals surface area contributed by atoms with Crippen LogP contribution in [0.4, 0.5) is 0 Å². The van der Waals surface area contributed by atoms with E-state index in [-0.39, 0.29) is 17.9 Å². The summed E-state index contributed by atoms with van der Waals surface area (Å²) in [4.78, 5) is 25.4. The van der Waals surface area contributed by atoms with Crippen molar-refractivity contribution < 1.29 is 9.59 Å². The fraction of sp³-hybridized carbons (Fsp3) is 0.500. The van der Waals surface area contributed by atoms with Crippen molar-refractivity contribution in [2.24, 2.45) is 5.73 Å². The minimum Gasteiger partial charge on any atom is -0.352 e. The number of nitrogens with two attached hydrogens (primary N) is 1. The van der Waals surface area contributed by atoms with Crippen LogP contribution < -0.4 is 11.1 Å². The molecule has 1 fully saturated rings. The highest BCUT2D eigenvalue weighted by molar-refractivity contribution is 5.94. The van der Waals surface area contributed by atoms with Crippen LogP contribution in [0.3, 0.4) is 0 Å². The molecule has 3 N–H and O–H groups in total. The van der Waals surface area contributed by atoms with Crippen LogP contribution >= 0.6 is 0 Å². The second kappa shape index (κ2) is 7.22. The molecular formula is C16H23N3O2. The quantitative estimate of drug-likeness (QED) is 0.866. The zero-order valence-electron chi connectivity index (χ0n) is 12.5. The second-order valence-electron chi connectivity index (χ2n) is 5.53. The monoisotopic (exact) mass is 289 g/mol. The predicted molar refractivity (Wildman–Crippen MR) is 81.9 cm³/mol. The van der Waals surface area contributed by atoms with Crippen LogP contribution in [-0.2, 0) is 11.2 Å². The molecular weight excluding hydrogens is 266 g/mol. The summed E-state index contributed by atoms with van der Waals surface area (Å²) in [6.45, 7) is 3.46. The lowest BCUT2D eigenvalue weighted by Gasteiger charge is -2.33. The maximum Gasteiger partial charge on any atom is 0.253 e. The first-order valence-corrected chi connectivity index (χ1v) is 7.45. The Hall–Kier alpha value is -1.88. The van der Waals surface area contributed by atoms with Gasteiger partial charge >= 0.3 is 0 Å². The maximum absolute atomic E-state index is 12.5. The summed E-state index contributed by atoms with van der Waals surface area (Å²) in [5, 5.41) is 2.90. The number of nitrogens with one attached hydrogen (secondary N) is 1. The molecule has 1 aliphatic rings. The zero-order valence-corrected chi connectivity index (χ0v) is 12.5. The third-order valence-electron chi connectivity index (χ3n) is 3.75. The van der Waals surface area contributed by atoms with E-state index in [1.165, 1.54) is 6.92 Å². The van der Waals surface area contributed by atoms with E-state index < -0.39 is 0 Å². The van der Waals surface area contributed by atoms with Crippen molar-refractivity contribution in [2.75, 3.05) is 19.6 Å². The number of benzene rings is 1. The van der Waals surface area contributed by atoms with Gasteiger partial charge in [0.25, 0.3) is 5.91 Å². The van der Waals surface area contributed by atoms with Gasteiger partial charge in [0, 0.05) is 31.6 Å². The lowest BCUT2D eigenvalue weighted by Crippen LogP contribution is -2.49. The first-order valence-electron chi connectivity index (χ1n) is 7.45. The highest BCUT2D eigenvalue weighted by Crippen LogP contribution is 2.14. The number of carbonyl (C=O) groups is 2. The largest absolute Gasteiger partial charge is 0.352 e. The number of amides is 2. The summed E-state index contributed by atoms with van der Waals surface area (Å²) in [5.41, 5.74) is 7.36. The van der Waals surface area contributed by atoms with E-state index in [4.69, 9.17) is 5.73 Å². The van der Waals surface area contributed by atoms with E-state index in [0.717, 1.165) is 31.4 Å². The molecule has 5 nitrogen and oxygen atoms in total. The van der Waals surface area contributed by atoms with Crippen LogP contribution in [0.15, 0.2) is 24.3 Å². The number of piperidine rings is 1. The second-order valence-corrected chi connectivity index (χ2v) is 5.53. The normalized spacial score (nSPS) is 18.4. The number of carbonyl (C=O) groups excluding carboxylic acids is 2. The maximum atomic E-state index is 12.5. The molecule has 0 aliphatic carbocycles. The third-order valence-corrected chi connectivity index (χ3v) is 3.75. The van der Waals surface area contributed by atoms with Gasteiger partial charge in [0.1, 0.15) is 0 Å². The Morgan fingerprint density at radius 1 is 1.33 bits per heavy atom. The van der Waals surface area contributed by atoms with Gasteiger partial charge in [-0.3, -0.25) is 9.59 Å². The van der Waals surface area contributed by atoms with Gasteiger partial charge in [-0.25, -0.2) is 0 Å². The lowest BCUT2D eigenvalue weighted by molar-refractivity contribution is -0.120. The molecule has 0 radical (unpaired) electrons. The molecule has 21 heavy (non-hydrogen) atoms. The molecule has 114 valence electrons. The lowest BCUT2D eigenvalue weighted by atomic mass is 10.0. The van der Waals surface area contributed by atoms with E-state index in [9.17, 15) is 9.59 Å². The minimum atomic E-state index is -0.0413. The average Bonchev–Trinajstić information content (AvgIpc) is 2.47. The van der Waals surface area contributed by atoms with Gasteiger partial charge in [-0.05, 0) is 43.5 Å². The molecule has 0 aromatic heterocycles. The van der Waals surface area contributed by atoms with E-state index in [2.05, 4.69) is 5.32 Å². The van der Waals surface area contributed by atoms with Gasteiger partial charge in [-0.1, -0.05) is 12.1 Å². The molecule has 1 aromatic carbocycles. The van der Waals surface area contributed by atoms with Gasteiger partial charge in [0.15, 0.2) is 0 Å². The Balaban J connectivity index is 1.99. The van der Waals surface area contributed by atoms with Crippen LogP contribution in [0.5, 0.6) is 0 Å². The van der Waals surface area contributed by atoms with Crippen molar-refractivity contribution in [3.8, 4) is 0 Å². The Bertz CT molecular complexity index is 499. The van der Waals surface area contributed by atoms with Crippen molar-refractivity contribution >= 4 is 11.8 Å². The smallest absolute Gasteiger partial charge is 0.253 e. The molecule has 5 heteroatoms. The summed E-state index contributed by atoms with van der Waals surface area (Å²) < 4.78 is 0. The summed E-state index contributed by atoms with van der Waals surface area (Å²) in [6.07, 6.45) is 2.67. The van der Waals surface area contributed by atoms with E-state index >= 15 is 0 Å². The van der Waals surface area contributed by atoms with Crippen LogP contribution in [0.2, 0.25) is 0 Å². The molecule has 1 unspecified atom stereocenters. The van der Waals surface area contributed by atoms with Crippen molar-refractivity contribution in [3.05, 3.63) is 35.4 Å². The molecule has 0 spiro atoms. The molecule has 2 rings (SSSR count). The van der Waals surface area contributed by atoms with Crippen molar-refractivity contribution in [1.82, 2.24) is 10.2 Å². The van der Waals surface area contributed by atoms with Gasteiger partial charge in [-0.15, -0.1) is 0 Å². The Kier molecular flexibility index (Phi) is 5.33. The van der Waals surface area contributed by atoms with Gasteiger partial charge < -0.3 is 16.0 Å². The first-order chi connectivity index (χ1) is 10.1. The predicted octanol–water partition coefficient (Wildman–Crippen LogP) is 0.929. The topological polar surface area (TPSA) is 75.4 Å². The molecule has 1 atom stereocenters. The number of rotatable bonds is 4. The Labute approximate surface area is 125 Å².